The van der Waals surface area contributed by atoms with Crippen LogP contribution in [0.3, 0.4) is 0 Å². The maximum absolute atomic E-state index is 12.8. The zero-order valence-electron chi connectivity index (χ0n) is 25.2. The Hall–Kier alpha value is -2.69. The Balaban J connectivity index is 1.79. The lowest BCUT2D eigenvalue weighted by atomic mass is 9.97. The lowest BCUT2D eigenvalue weighted by molar-refractivity contribution is -0.356. The van der Waals surface area contributed by atoms with Crippen molar-refractivity contribution in [1.82, 2.24) is 0 Å². The third-order valence-corrected chi connectivity index (χ3v) is 7.12. The molecule has 2 saturated heterocycles. The van der Waals surface area contributed by atoms with E-state index in [-0.39, 0.29) is 12.4 Å². The van der Waals surface area contributed by atoms with Gasteiger partial charge >= 0.3 is 5.97 Å². The summed E-state index contributed by atoms with van der Waals surface area (Å²) in [5.41, 5.74) is 0.529. The quantitative estimate of drug-likeness (QED) is 0.0950. The van der Waals surface area contributed by atoms with Gasteiger partial charge in [-0.15, -0.1) is 0 Å². The molecule has 13 nitrogen and oxygen atoms in total. The van der Waals surface area contributed by atoms with E-state index >= 15 is 0 Å². The van der Waals surface area contributed by atoms with Crippen molar-refractivity contribution in [3.63, 3.8) is 0 Å². The number of aromatic hydroxyl groups is 1. The Morgan fingerprint density at radius 1 is 0.955 bits per heavy atom. The molecule has 0 radical (unpaired) electrons. The highest BCUT2D eigenvalue weighted by atomic mass is 16.7. The van der Waals surface area contributed by atoms with E-state index in [1.54, 1.807) is 44.2 Å². The van der Waals surface area contributed by atoms with Gasteiger partial charge in [-0.3, -0.25) is 0 Å². The molecule has 2 aliphatic heterocycles. The molecule has 44 heavy (non-hydrogen) atoms. The summed E-state index contributed by atoms with van der Waals surface area (Å²) in [5, 5.41) is 71.6. The molecule has 2 aliphatic rings. The molecule has 0 bridgehead atoms. The predicted molar refractivity (Wildman–Crippen MR) is 156 cm³/mol. The molecule has 10 atom stereocenters. The van der Waals surface area contributed by atoms with E-state index in [0.29, 0.717) is 12.0 Å². The monoisotopic (exact) mass is 624 g/mol. The molecular weight excluding hydrogens is 580 g/mol. The van der Waals surface area contributed by atoms with Gasteiger partial charge in [0.1, 0.15) is 42.4 Å². The average Bonchev–Trinajstić information content (AvgIpc) is 2.96. The number of ether oxygens (including phenoxy) is 5. The number of carbonyl (C=O) groups excluding carboxylic acids is 1. The minimum Gasteiger partial charge on any atom is -0.508 e. The number of benzene rings is 1. The molecule has 1 aromatic carbocycles. The third kappa shape index (κ3) is 10.2. The molecule has 7 N–H and O–H groups in total. The largest absolute Gasteiger partial charge is 0.508 e. The van der Waals surface area contributed by atoms with Crippen LogP contribution in [0, 0.1) is 0 Å². The zero-order valence-corrected chi connectivity index (χ0v) is 25.2. The standard InChI is InChI=1S/C31H44O13/c1-17(6-5-14-31(3,4)39)13-15-40-29-26(38)28(44-30-25(37)24(36)23(35)18(2)41-30)27(21(16-32)42-29)43-22(34)12-9-19-7-10-20(33)11-8-19/h5-13,18,21,23-30,32-33,35-39H,14-16H2,1-4H3/t18-,21+,23-,24+,25+,26+,27+,28+,29+,30-/m0/s1. The second kappa shape index (κ2) is 16.0. The number of phenols is 1. The van der Waals surface area contributed by atoms with Gasteiger partial charge in [-0.2, -0.15) is 0 Å². The van der Waals surface area contributed by atoms with Crippen molar-refractivity contribution in [2.75, 3.05) is 13.2 Å². The fraction of sp³-hybridized carbons (Fsp3) is 0.581. The molecule has 0 aromatic heterocycles. The molecule has 0 amide bonds. The second-order valence-corrected chi connectivity index (χ2v) is 11.5. The number of allylic oxidation sites excluding steroid dienone is 2. The number of hydrogen-bond acceptors (Lipinski definition) is 13. The smallest absolute Gasteiger partial charge is 0.331 e. The van der Waals surface area contributed by atoms with Crippen molar-refractivity contribution < 1.29 is 64.2 Å². The molecule has 0 saturated carbocycles. The Morgan fingerprint density at radius 3 is 2.27 bits per heavy atom. The van der Waals surface area contributed by atoms with Gasteiger partial charge in [0.2, 0.25) is 0 Å². The van der Waals surface area contributed by atoms with Gasteiger partial charge in [-0.05, 0) is 57.9 Å². The van der Waals surface area contributed by atoms with Crippen molar-refractivity contribution in [1.29, 1.82) is 0 Å². The number of carbonyl (C=O) groups is 1. The summed E-state index contributed by atoms with van der Waals surface area (Å²) in [5.74, 6) is -0.830. The van der Waals surface area contributed by atoms with Crippen LogP contribution < -0.4 is 0 Å². The topological polar surface area (TPSA) is 205 Å². The van der Waals surface area contributed by atoms with Crippen molar-refractivity contribution in [3.8, 4) is 5.75 Å². The Morgan fingerprint density at radius 2 is 1.64 bits per heavy atom. The van der Waals surface area contributed by atoms with Gasteiger partial charge < -0.3 is 59.4 Å². The highest BCUT2D eigenvalue weighted by Gasteiger charge is 2.52. The summed E-state index contributed by atoms with van der Waals surface area (Å²) in [7, 11) is 0. The van der Waals surface area contributed by atoms with E-state index in [4.69, 9.17) is 23.7 Å². The number of phenolic OH excluding ortho intramolecular Hbond substituents is 1. The van der Waals surface area contributed by atoms with E-state index in [1.807, 2.05) is 6.92 Å². The van der Waals surface area contributed by atoms with Crippen LogP contribution in [-0.2, 0) is 28.5 Å². The van der Waals surface area contributed by atoms with Crippen molar-refractivity contribution in [3.05, 3.63) is 59.7 Å². The maximum Gasteiger partial charge on any atom is 0.331 e. The summed E-state index contributed by atoms with van der Waals surface area (Å²) in [4.78, 5) is 12.8. The van der Waals surface area contributed by atoms with Crippen LogP contribution in [0.4, 0.5) is 0 Å². The lowest BCUT2D eigenvalue weighted by Crippen LogP contribution is -2.65. The first-order valence-corrected chi connectivity index (χ1v) is 14.3. The molecule has 2 heterocycles. The summed E-state index contributed by atoms with van der Waals surface area (Å²) in [6.07, 6.45) is -6.18. The first-order chi connectivity index (χ1) is 20.7. The van der Waals surface area contributed by atoms with Crippen LogP contribution in [0.2, 0.25) is 0 Å². The van der Waals surface area contributed by atoms with Crippen LogP contribution in [0.1, 0.15) is 39.7 Å². The van der Waals surface area contributed by atoms with Gasteiger partial charge in [0, 0.05) is 6.08 Å². The number of aliphatic hydroxyl groups is 6. The fourth-order valence-corrected chi connectivity index (χ4v) is 4.56. The maximum atomic E-state index is 12.8. The van der Waals surface area contributed by atoms with Gasteiger partial charge in [-0.1, -0.05) is 35.9 Å². The molecule has 1 aromatic rings. The summed E-state index contributed by atoms with van der Waals surface area (Å²) in [6.45, 7) is 5.94. The first-order valence-electron chi connectivity index (χ1n) is 14.3. The second-order valence-electron chi connectivity index (χ2n) is 11.5. The third-order valence-electron chi connectivity index (χ3n) is 7.12. The van der Waals surface area contributed by atoms with Crippen molar-refractivity contribution >= 4 is 12.0 Å². The van der Waals surface area contributed by atoms with Crippen LogP contribution in [0.5, 0.6) is 5.75 Å². The van der Waals surface area contributed by atoms with Crippen LogP contribution >= 0.6 is 0 Å². The SMILES string of the molecule is CC(C=CCC(C)(C)O)=CCO[C@@H]1O[C@H](CO)[C@@H](OC(=O)C=Cc2ccc(O)cc2)[C@H](O[C@@H]2O[C@@H](C)[C@H](O)[C@@H](O)[C@H]2O)[C@H]1O. The fourth-order valence-electron chi connectivity index (χ4n) is 4.56. The van der Waals surface area contributed by atoms with Crippen molar-refractivity contribution in [2.45, 2.75) is 101 Å². The van der Waals surface area contributed by atoms with Gasteiger partial charge in [0.15, 0.2) is 18.7 Å². The normalized spacial score (nSPS) is 33.6. The Kier molecular flexibility index (Phi) is 13.0. The molecule has 3 rings (SSSR count). The van der Waals surface area contributed by atoms with Crippen LogP contribution in [0.25, 0.3) is 6.08 Å². The highest BCUT2D eigenvalue weighted by Crippen LogP contribution is 2.31. The first kappa shape index (κ1) is 35.8. The van der Waals surface area contributed by atoms with Gasteiger partial charge in [-0.25, -0.2) is 4.79 Å². The summed E-state index contributed by atoms with van der Waals surface area (Å²) in [6, 6.07) is 6.01. The number of rotatable bonds is 12. The Bertz CT molecular complexity index is 1140. The van der Waals surface area contributed by atoms with E-state index in [9.17, 15) is 40.5 Å². The molecule has 13 heteroatoms. The Labute approximate surface area is 256 Å². The molecule has 246 valence electrons. The number of aliphatic hydroxyl groups excluding tert-OH is 5. The molecule has 0 unspecified atom stereocenters. The minimum absolute atomic E-state index is 0.0321. The minimum atomic E-state index is -1.73. The number of esters is 1. The van der Waals surface area contributed by atoms with Crippen molar-refractivity contribution in [2.24, 2.45) is 0 Å². The summed E-state index contributed by atoms with van der Waals surface area (Å²) < 4.78 is 28.4. The summed E-state index contributed by atoms with van der Waals surface area (Å²) >= 11 is 0. The molecule has 2 fully saturated rings. The van der Waals surface area contributed by atoms with E-state index in [0.717, 1.165) is 11.6 Å². The van der Waals surface area contributed by atoms with Gasteiger partial charge in [0.05, 0.1) is 24.9 Å². The zero-order chi connectivity index (χ0) is 32.6. The lowest BCUT2D eigenvalue weighted by Gasteiger charge is -2.46. The van der Waals surface area contributed by atoms with E-state index < -0.39 is 79.6 Å². The van der Waals surface area contributed by atoms with Gasteiger partial charge in [0.25, 0.3) is 0 Å². The van der Waals surface area contributed by atoms with E-state index in [1.165, 1.54) is 25.1 Å². The molecular formula is C31H44O13. The molecule has 0 spiro atoms. The average molecular weight is 625 g/mol. The van der Waals surface area contributed by atoms with Crippen LogP contribution in [-0.4, -0.2) is 122 Å². The van der Waals surface area contributed by atoms with Crippen LogP contribution in [0.15, 0.2) is 54.1 Å². The molecule has 0 aliphatic carbocycles. The predicted octanol–water partition coefficient (Wildman–Crippen LogP) is 0.288. The van der Waals surface area contributed by atoms with E-state index in [2.05, 4.69) is 0 Å². The number of hydrogen-bond donors (Lipinski definition) is 7. The highest BCUT2D eigenvalue weighted by molar-refractivity contribution is 5.87.